The number of aryl methyl sites for hydroxylation is 1. The molecule has 3 aliphatic heterocycles. The van der Waals surface area contributed by atoms with Gasteiger partial charge in [-0.15, -0.1) is 0 Å². The number of imide groups is 2. The van der Waals surface area contributed by atoms with Gasteiger partial charge in [-0.25, -0.2) is 9.78 Å². The quantitative estimate of drug-likeness (QED) is 0.575. The third kappa shape index (κ3) is 2.78. The Balaban J connectivity index is 1.67. The first-order valence-electron chi connectivity index (χ1n) is 11.9. The molecule has 4 amide bonds. The monoisotopic (exact) mass is 471 g/mol. The van der Waals surface area contributed by atoms with Gasteiger partial charge >= 0.3 is 6.03 Å². The van der Waals surface area contributed by atoms with Crippen LogP contribution in [-0.4, -0.2) is 45.2 Å². The predicted octanol–water partition coefficient (Wildman–Crippen LogP) is 2.14. The van der Waals surface area contributed by atoms with Gasteiger partial charge in [0.15, 0.2) is 5.41 Å². The van der Waals surface area contributed by atoms with Crippen LogP contribution < -0.4 is 15.8 Å². The number of hydrogen-bond acceptors (Lipinski definition) is 6. The van der Waals surface area contributed by atoms with Crippen molar-refractivity contribution in [1.29, 1.82) is 0 Å². The van der Waals surface area contributed by atoms with Crippen molar-refractivity contribution < 1.29 is 14.4 Å². The highest BCUT2D eigenvalue weighted by molar-refractivity contribution is 6.20. The summed E-state index contributed by atoms with van der Waals surface area (Å²) < 4.78 is 1.47. The molecule has 9 nitrogen and oxygen atoms in total. The SMILES string of the molecule is CCCN1C(=O)NC(=O)[C@]2(Cc3c(nc4c(C)cccn4c3=O)N3CCc4ccccc4[C@H]32)C1=O. The lowest BCUT2D eigenvalue weighted by molar-refractivity contribution is -0.154. The van der Waals surface area contributed by atoms with Crippen molar-refractivity contribution >= 4 is 29.3 Å². The van der Waals surface area contributed by atoms with E-state index in [0.29, 0.717) is 36.4 Å². The number of barbiturate groups is 1. The van der Waals surface area contributed by atoms with Gasteiger partial charge in [0.25, 0.3) is 5.56 Å². The molecular weight excluding hydrogens is 446 g/mol. The average molecular weight is 472 g/mol. The van der Waals surface area contributed by atoms with E-state index in [4.69, 9.17) is 4.98 Å². The number of hydrogen-bond donors (Lipinski definition) is 1. The third-order valence-corrected chi connectivity index (χ3v) is 7.54. The van der Waals surface area contributed by atoms with Crippen LogP contribution in [0.5, 0.6) is 0 Å². The van der Waals surface area contributed by atoms with Crippen LogP contribution in [0.2, 0.25) is 0 Å². The minimum absolute atomic E-state index is 0.126. The van der Waals surface area contributed by atoms with E-state index in [2.05, 4.69) is 5.32 Å². The Hall–Kier alpha value is -4.01. The number of nitrogens with zero attached hydrogens (tertiary/aromatic N) is 4. The number of anilines is 1. The number of carbonyl (C=O) groups is 3. The number of nitrogens with one attached hydrogen (secondary N) is 1. The van der Waals surface area contributed by atoms with Gasteiger partial charge in [0.2, 0.25) is 11.8 Å². The zero-order valence-corrected chi connectivity index (χ0v) is 19.6. The molecule has 0 saturated carbocycles. The Morgan fingerprint density at radius 3 is 2.71 bits per heavy atom. The zero-order valence-electron chi connectivity index (χ0n) is 19.6. The Labute approximate surface area is 201 Å². The maximum absolute atomic E-state index is 14.1. The number of aromatic nitrogens is 2. The molecule has 9 heteroatoms. The predicted molar refractivity (Wildman–Crippen MR) is 128 cm³/mol. The number of benzene rings is 1. The molecule has 1 N–H and O–H groups in total. The van der Waals surface area contributed by atoms with E-state index in [0.717, 1.165) is 21.6 Å². The molecule has 1 aromatic carbocycles. The summed E-state index contributed by atoms with van der Waals surface area (Å²) in [6.07, 6.45) is 2.76. The molecule has 0 unspecified atom stereocenters. The molecule has 1 saturated heterocycles. The van der Waals surface area contributed by atoms with E-state index in [-0.39, 0.29) is 18.5 Å². The molecule has 6 rings (SSSR count). The fraction of sp³-hybridized carbons (Fsp3) is 0.346. The van der Waals surface area contributed by atoms with Crippen molar-refractivity contribution in [2.24, 2.45) is 5.41 Å². The van der Waals surface area contributed by atoms with E-state index in [1.165, 1.54) is 4.40 Å². The van der Waals surface area contributed by atoms with Crippen LogP contribution in [-0.2, 0) is 22.4 Å². The summed E-state index contributed by atoms with van der Waals surface area (Å²) in [5, 5.41) is 2.44. The maximum atomic E-state index is 14.1. The van der Waals surface area contributed by atoms with Gasteiger partial charge in [-0.1, -0.05) is 37.3 Å². The van der Waals surface area contributed by atoms with Crippen LogP contribution >= 0.6 is 0 Å². The summed E-state index contributed by atoms with van der Waals surface area (Å²) in [5.74, 6) is -0.709. The molecule has 0 aliphatic carbocycles. The van der Waals surface area contributed by atoms with Gasteiger partial charge < -0.3 is 4.90 Å². The maximum Gasteiger partial charge on any atom is 0.330 e. The van der Waals surface area contributed by atoms with E-state index < -0.39 is 29.3 Å². The summed E-state index contributed by atoms with van der Waals surface area (Å²) in [6.45, 7) is 4.45. The van der Waals surface area contributed by atoms with Crippen molar-refractivity contribution in [3.05, 3.63) is 75.2 Å². The van der Waals surface area contributed by atoms with Gasteiger partial charge in [-0.2, -0.15) is 0 Å². The average Bonchev–Trinajstić information content (AvgIpc) is 2.86. The van der Waals surface area contributed by atoms with Crippen LogP contribution in [0.1, 0.15) is 41.6 Å². The van der Waals surface area contributed by atoms with Crippen molar-refractivity contribution in [3.63, 3.8) is 0 Å². The highest BCUT2D eigenvalue weighted by Crippen LogP contribution is 2.52. The lowest BCUT2D eigenvalue weighted by Gasteiger charge is -2.53. The molecule has 178 valence electrons. The standard InChI is InChI=1S/C26H25N5O4/c1-3-11-31-24(34)26(23(33)28-25(31)35)14-18-21(27-20-15(2)7-6-12-30(20)22(18)32)29-13-10-16-8-4-5-9-17(16)19(26)29/h4-9,12,19H,3,10-11,13-14H2,1-2H3,(H,28,33,35)/t19-,26+/m0/s1. The minimum Gasteiger partial charge on any atom is -0.347 e. The summed E-state index contributed by atoms with van der Waals surface area (Å²) in [5.41, 5.74) is 1.66. The molecule has 35 heavy (non-hydrogen) atoms. The van der Waals surface area contributed by atoms with E-state index in [9.17, 15) is 19.2 Å². The zero-order chi connectivity index (χ0) is 24.5. The summed E-state index contributed by atoms with van der Waals surface area (Å²) in [4.78, 5) is 62.1. The fourth-order valence-corrected chi connectivity index (χ4v) is 5.95. The molecule has 0 radical (unpaired) electrons. The smallest absolute Gasteiger partial charge is 0.330 e. The van der Waals surface area contributed by atoms with Crippen LogP contribution in [0, 0.1) is 12.3 Å². The van der Waals surface area contributed by atoms with Crippen LogP contribution in [0.4, 0.5) is 10.6 Å². The summed E-state index contributed by atoms with van der Waals surface area (Å²) in [7, 11) is 0. The lowest BCUT2D eigenvalue weighted by Crippen LogP contribution is -2.70. The molecule has 3 aromatic rings. The number of urea groups is 1. The first kappa shape index (κ1) is 21.5. The Morgan fingerprint density at radius 2 is 1.91 bits per heavy atom. The highest BCUT2D eigenvalue weighted by Gasteiger charge is 2.64. The Bertz CT molecular complexity index is 1490. The Morgan fingerprint density at radius 1 is 1.11 bits per heavy atom. The molecule has 2 aromatic heterocycles. The van der Waals surface area contributed by atoms with Gasteiger partial charge in [-0.05, 0) is 42.5 Å². The fourth-order valence-electron chi connectivity index (χ4n) is 5.95. The second kappa shape index (κ2) is 7.49. The molecule has 3 aliphatic rings. The van der Waals surface area contributed by atoms with Crippen LogP contribution in [0.15, 0.2) is 47.4 Å². The second-order valence-electron chi connectivity index (χ2n) is 9.51. The third-order valence-electron chi connectivity index (χ3n) is 7.54. The van der Waals surface area contributed by atoms with Crippen molar-refractivity contribution in [1.82, 2.24) is 19.6 Å². The molecular formula is C26H25N5O4. The molecule has 2 atom stereocenters. The van der Waals surface area contributed by atoms with Crippen molar-refractivity contribution in [2.75, 3.05) is 18.0 Å². The van der Waals surface area contributed by atoms with E-state index in [1.54, 1.807) is 12.3 Å². The largest absolute Gasteiger partial charge is 0.347 e. The molecule has 1 spiro atoms. The van der Waals surface area contributed by atoms with Gasteiger partial charge in [0.1, 0.15) is 11.5 Å². The molecule has 1 fully saturated rings. The number of amides is 4. The van der Waals surface area contributed by atoms with Gasteiger partial charge in [-0.3, -0.25) is 29.0 Å². The minimum atomic E-state index is -1.66. The first-order valence-corrected chi connectivity index (χ1v) is 11.9. The van der Waals surface area contributed by atoms with Crippen LogP contribution in [0.3, 0.4) is 0 Å². The van der Waals surface area contributed by atoms with Crippen molar-refractivity contribution in [3.8, 4) is 0 Å². The summed E-state index contributed by atoms with van der Waals surface area (Å²) in [6, 6.07) is 10.0. The number of pyridine rings is 1. The first-order chi connectivity index (χ1) is 16.9. The number of rotatable bonds is 2. The van der Waals surface area contributed by atoms with Crippen LogP contribution in [0.25, 0.3) is 5.65 Å². The number of carbonyl (C=O) groups excluding carboxylic acids is 3. The second-order valence-corrected chi connectivity index (χ2v) is 9.51. The van der Waals surface area contributed by atoms with Gasteiger partial charge in [0.05, 0.1) is 11.6 Å². The number of fused-ring (bicyclic) bond motifs is 7. The lowest BCUT2D eigenvalue weighted by atomic mass is 9.65. The Kier molecular flexibility index (Phi) is 4.61. The van der Waals surface area contributed by atoms with E-state index >= 15 is 0 Å². The normalized spacial score (nSPS) is 23.3. The summed E-state index contributed by atoms with van der Waals surface area (Å²) >= 11 is 0. The topological polar surface area (TPSA) is 104 Å². The highest BCUT2D eigenvalue weighted by atomic mass is 16.2. The van der Waals surface area contributed by atoms with E-state index in [1.807, 2.05) is 49.1 Å². The van der Waals surface area contributed by atoms with Crippen molar-refractivity contribution in [2.45, 2.75) is 39.2 Å². The molecule has 0 bridgehead atoms. The van der Waals surface area contributed by atoms with Gasteiger partial charge in [0, 0.05) is 25.7 Å². The molecule has 5 heterocycles.